The molecule has 140 valence electrons. The fourth-order valence-corrected chi connectivity index (χ4v) is 4.65. The molecule has 0 radical (unpaired) electrons. The molecule has 2 aromatic carbocycles. The Hall–Kier alpha value is -1.36. The van der Waals surface area contributed by atoms with Crippen molar-refractivity contribution in [2.75, 3.05) is 13.1 Å². The van der Waals surface area contributed by atoms with Crippen LogP contribution in [0.15, 0.2) is 53.1 Å². The first-order valence-electron chi connectivity index (χ1n) is 9.15. The molecule has 2 heterocycles. The summed E-state index contributed by atoms with van der Waals surface area (Å²) in [5.41, 5.74) is 4.23. The maximum atomic E-state index is 6.70. The molecule has 6 heteroatoms. The molecule has 1 atom stereocenters. The van der Waals surface area contributed by atoms with Crippen LogP contribution in [-0.4, -0.2) is 24.3 Å². The van der Waals surface area contributed by atoms with Gasteiger partial charge in [0.2, 0.25) is 5.69 Å². The lowest BCUT2D eigenvalue weighted by molar-refractivity contribution is 0.0254. The van der Waals surface area contributed by atoms with Crippen LogP contribution in [0.3, 0.4) is 0 Å². The van der Waals surface area contributed by atoms with Gasteiger partial charge in [0, 0.05) is 27.2 Å². The Morgan fingerprint density at radius 1 is 0.889 bits per heavy atom. The van der Waals surface area contributed by atoms with Crippen LogP contribution in [0.5, 0.6) is 0 Å². The van der Waals surface area contributed by atoms with Crippen molar-refractivity contribution in [3.8, 4) is 0 Å². The van der Waals surface area contributed by atoms with Crippen LogP contribution in [0.4, 0.5) is 5.69 Å². The highest BCUT2D eigenvalue weighted by molar-refractivity contribution is 6.36. The summed E-state index contributed by atoms with van der Waals surface area (Å²) >= 11 is 19.0. The summed E-state index contributed by atoms with van der Waals surface area (Å²) in [6.45, 7) is 4.02. The number of benzene rings is 2. The number of halogens is 3. The van der Waals surface area contributed by atoms with Gasteiger partial charge in [0.05, 0.1) is 19.3 Å². The first-order chi connectivity index (χ1) is 13.0. The fraction of sp³-hybridized carbons (Fsp3) is 0.286. The van der Waals surface area contributed by atoms with E-state index in [1.807, 2.05) is 30.5 Å². The molecule has 0 spiro atoms. The number of hydrogen-bond acceptors (Lipinski definition) is 2. The van der Waals surface area contributed by atoms with Crippen molar-refractivity contribution in [1.29, 1.82) is 0 Å². The molecular weight excluding hydrogens is 401 g/mol. The lowest BCUT2D eigenvalue weighted by Gasteiger charge is -2.41. The van der Waals surface area contributed by atoms with Gasteiger partial charge in [-0.25, -0.2) is 0 Å². The average molecular weight is 422 g/mol. The van der Waals surface area contributed by atoms with Gasteiger partial charge in [0.25, 0.3) is 0 Å². The number of nitrogens with zero attached hydrogens (tertiary/aromatic N) is 3. The predicted octanol–water partition coefficient (Wildman–Crippen LogP) is 6.79. The molecule has 2 aliphatic heterocycles. The first-order valence-corrected chi connectivity index (χ1v) is 10.3. The summed E-state index contributed by atoms with van der Waals surface area (Å²) in [4.78, 5) is 0. The molecule has 0 aliphatic carbocycles. The van der Waals surface area contributed by atoms with E-state index in [-0.39, 0.29) is 4.70 Å². The summed E-state index contributed by atoms with van der Waals surface area (Å²) in [6.07, 6.45) is 5.48. The van der Waals surface area contributed by atoms with E-state index in [1.54, 1.807) is 6.07 Å². The van der Waals surface area contributed by atoms with Gasteiger partial charge in [-0.15, -0.1) is 5.01 Å². The van der Waals surface area contributed by atoms with E-state index in [0.29, 0.717) is 10.0 Å². The van der Waals surface area contributed by atoms with Gasteiger partial charge in [-0.2, -0.15) is 0 Å². The normalized spacial score (nSPS) is 23.3. The molecule has 0 aromatic heterocycles. The molecule has 0 bridgehead atoms. The number of piperidine rings is 1. The van der Waals surface area contributed by atoms with E-state index < -0.39 is 0 Å². The van der Waals surface area contributed by atoms with Crippen LogP contribution in [-0.2, 0) is 0 Å². The molecule has 1 saturated heterocycles. The van der Waals surface area contributed by atoms with E-state index >= 15 is 0 Å². The van der Waals surface area contributed by atoms with Gasteiger partial charge in [0.15, 0.2) is 5.70 Å². The van der Waals surface area contributed by atoms with Gasteiger partial charge in [0.1, 0.15) is 5.02 Å². The van der Waals surface area contributed by atoms with E-state index in [1.165, 1.54) is 6.42 Å². The SMILES string of the molecule is CC1=C(c2ccc(Cl)cc2)[N+](c2ccc(Cl)cc2Cl)(N2CCCCC2)N=C1. The van der Waals surface area contributed by atoms with Crippen molar-refractivity contribution in [2.45, 2.75) is 26.2 Å². The van der Waals surface area contributed by atoms with Crippen molar-refractivity contribution >= 4 is 52.4 Å². The van der Waals surface area contributed by atoms with E-state index in [2.05, 4.69) is 24.1 Å². The zero-order valence-corrected chi connectivity index (χ0v) is 17.4. The quantitative estimate of drug-likeness (QED) is 0.498. The predicted molar refractivity (Wildman–Crippen MR) is 116 cm³/mol. The third-order valence-corrected chi connectivity index (χ3v) is 6.00. The molecule has 0 N–H and O–H groups in total. The Morgan fingerprint density at radius 3 is 2.22 bits per heavy atom. The molecule has 4 rings (SSSR count). The third kappa shape index (κ3) is 3.32. The Bertz CT molecular complexity index is 915. The van der Waals surface area contributed by atoms with Gasteiger partial charge >= 0.3 is 0 Å². The van der Waals surface area contributed by atoms with Crippen molar-refractivity contribution < 1.29 is 0 Å². The first kappa shape index (κ1) is 19.0. The van der Waals surface area contributed by atoms with Crippen LogP contribution < -0.4 is 4.70 Å². The second-order valence-corrected chi connectivity index (χ2v) is 8.27. The van der Waals surface area contributed by atoms with Crippen LogP contribution >= 0.6 is 34.8 Å². The Balaban J connectivity index is 1.94. The molecule has 2 aromatic rings. The highest BCUT2D eigenvalue weighted by atomic mass is 35.5. The Labute approximate surface area is 175 Å². The lowest BCUT2D eigenvalue weighted by Crippen LogP contribution is -2.57. The number of hydrogen-bond donors (Lipinski definition) is 0. The van der Waals surface area contributed by atoms with Crippen LogP contribution in [0.1, 0.15) is 31.7 Å². The monoisotopic (exact) mass is 420 g/mol. The van der Waals surface area contributed by atoms with Gasteiger partial charge in [-0.1, -0.05) is 51.0 Å². The number of rotatable bonds is 3. The largest absolute Gasteiger partial charge is 0.203 e. The van der Waals surface area contributed by atoms with E-state index in [0.717, 1.165) is 53.5 Å². The molecule has 2 aliphatic rings. The van der Waals surface area contributed by atoms with Gasteiger partial charge < -0.3 is 0 Å². The minimum Gasteiger partial charge on any atom is -0.118 e. The standard InChI is InChI=1S/C21H21Cl3N3/c1-15-14-25-27(26-11-3-2-4-12-26,20-10-9-18(23)13-19(20)24)21(15)16-5-7-17(22)8-6-16/h5-10,13-14H,2-4,11-12H2,1H3/q+1. The van der Waals surface area contributed by atoms with Crippen LogP contribution in [0.2, 0.25) is 15.1 Å². The summed E-state index contributed by atoms with van der Waals surface area (Å²) < 4.78 is 0.253. The van der Waals surface area contributed by atoms with Gasteiger partial charge in [-0.3, -0.25) is 0 Å². The fourth-order valence-electron chi connectivity index (χ4n) is 4.00. The highest BCUT2D eigenvalue weighted by Crippen LogP contribution is 2.46. The van der Waals surface area contributed by atoms with E-state index in [4.69, 9.17) is 39.9 Å². The van der Waals surface area contributed by atoms with Crippen molar-refractivity contribution in [2.24, 2.45) is 5.10 Å². The topological polar surface area (TPSA) is 15.6 Å². The second kappa shape index (κ2) is 7.57. The molecule has 3 nitrogen and oxygen atoms in total. The zero-order valence-electron chi connectivity index (χ0n) is 15.1. The summed E-state index contributed by atoms with van der Waals surface area (Å²) in [5, 5.41) is 9.37. The molecular formula is C21H21Cl3N3+. The Morgan fingerprint density at radius 2 is 1.56 bits per heavy atom. The smallest absolute Gasteiger partial charge is 0.118 e. The maximum absolute atomic E-state index is 6.70. The van der Waals surface area contributed by atoms with E-state index in [9.17, 15) is 0 Å². The maximum Gasteiger partial charge on any atom is 0.203 e. The van der Waals surface area contributed by atoms with Crippen molar-refractivity contribution in [3.05, 3.63) is 68.7 Å². The van der Waals surface area contributed by atoms with Crippen molar-refractivity contribution in [1.82, 2.24) is 9.71 Å². The Kier molecular flexibility index (Phi) is 5.32. The summed E-state index contributed by atoms with van der Waals surface area (Å²) in [5.74, 6) is 0. The number of quaternary nitrogens is 1. The highest BCUT2D eigenvalue weighted by Gasteiger charge is 2.49. The van der Waals surface area contributed by atoms with Gasteiger partial charge in [-0.05, 0) is 56.2 Å². The summed E-state index contributed by atoms with van der Waals surface area (Å²) in [6, 6.07) is 13.6. The summed E-state index contributed by atoms with van der Waals surface area (Å²) in [7, 11) is 0. The van der Waals surface area contributed by atoms with Crippen LogP contribution in [0.25, 0.3) is 5.70 Å². The average Bonchev–Trinajstić information content (AvgIpc) is 3.01. The second-order valence-electron chi connectivity index (χ2n) is 6.99. The van der Waals surface area contributed by atoms with Crippen LogP contribution in [0, 0.1) is 0 Å². The lowest BCUT2D eigenvalue weighted by atomic mass is 10.1. The molecule has 0 amide bonds. The number of allylic oxidation sites excluding steroid dienone is 1. The minimum atomic E-state index is 0.253. The zero-order chi connectivity index (χ0) is 19.0. The van der Waals surface area contributed by atoms with Crippen molar-refractivity contribution in [3.63, 3.8) is 0 Å². The molecule has 0 saturated carbocycles. The molecule has 1 unspecified atom stereocenters. The molecule has 1 fully saturated rings. The molecule has 27 heavy (non-hydrogen) atoms. The minimum absolute atomic E-state index is 0.253. The third-order valence-electron chi connectivity index (χ3n) is 5.21.